The Morgan fingerprint density at radius 1 is 0.885 bits per heavy atom. The van der Waals surface area contributed by atoms with E-state index in [1.807, 2.05) is 36.4 Å². The zero-order chi connectivity index (χ0) is 18.3. The molecule has 0 amide bonds. The lowest BCUT2D eigenvalue weighted by Crippen LogP contribution is -2.14. The molecule has 26 heavy (non-hydrogen) atoms. The number of hydrogen-bond donors (Lipinski definition) is 1. The molecule has 0 heterocycles. The summed E-state index contributed by atoms with van der Waals surface area (Å²) in [4.78, 5) is 13.5. The fraction of sp³-hybridized carbons (Fsp3) is 0. The highest BCUT2D eigenvalue weighted by Crippen LogP contribution is 2.37. The normalized spacial score (nSPS) is 14.0. The molecule has 4 rings (SSSR count). The van der Waals surface area contributed by atoms with E-state index in [1.54, 1.807) is 24.3 Å². The third-order valence-corrected chi connectivity index (χ3v) is 5.06. The Kier molecular flexibility index (Phi) is 4.19. The van der Waals surface area contributed by atoms with Gasteiger partial charge in [-0.25, -0.2) is 0 Å². The number of carbonyl (C=O) groups is 1. The van der Waals surface area contributed by atoms with Crippen molar-refractivity contribution in [2.75, 3.05) is 0 Å². The molecule has 0 bridgehead atoms. The van der Waals surface area contributed by atoms with Gasteiger partial charge in [0.15, 0.2) is 5.78 Å². The summed E-state index contributed by atoms with van der Waals surface area (Å²) in [5, 5.41) is 10.2. The van der Waals surface area contributed by atoms with Gasteiger partial charge in [0, 0.05) is 21.7 Å². The average Bonchev–Trinajstić information content (AvgIpc) is 2.65. The van der Waals surface area contributed by atoms with E-state index >= 15 is 0 Å². The number of hydrogen-bond acceptors (Lipinski definition) is 3. The third kappa shape index (κ3) is 2.85. The fourth-order valence-corrected chi connectivity index (χ4v) is 3.70. The molecule has 1 aliphatic rings. The minimum atomic E-state index is -0.190. The van der Waals surface area contributed by atoms with Crippen molar-refractivity contribution in [1.82, 2.24) is 0 Å². The van der Waals surface area contributed by atoms with Crippen LogP contribution in [-0.4, -0.2) is 15.8 Å². The van der Waals surface area contributed by atoms with Gasteiger partial charge in [-0.15, -0.1) is 0 Å². The highest BCUT2D eigenvalue weighted by atomic mass is 35.5. The first kappa shape index (κ1) is 16.7. The van der Waals surface area contributed by atoms with Gasteiger partial charge in [-0.1, -0.05) is 66.3 Å². The molecule has 0 atom stereocenters. The van der Waals surface area contributed by atoms with Crippen LogP contribution in [0.3, 0.4) is 0 Å². The van der Waals surface area contributed by atoms with Gasteiger partial charge < -0.3 is 5.11 Å². The number of ketones is 1. The molecule has 3 aromatic rings. The molecule has 0 fully saturated rings. The Morgan fingerprint density at radius 2 is 1.62 bits per heavy atom. The van der Waals surface area contributed by atoms with Gasteiger partial charge in [-0.05, 0) is 47.0 Å². The molecular weight excluding hydrogens is 364 g/mol. The first-order valence-corrected chi connectivity index (χ1v) is 8.82. The van der Waals surface area contributed by atoms with Gasteiger partial charge >= 0.3 is 0 Å². The zero-order valence-corrected chi connectivity index (χ0v) is 15.1. The van der Waals surface area contributed by atoms with Crippen LogP contribution in [-0.2, 0) is 0 Å². The van der Waals surface area contributed by atoms with Crippen LogP contribution < -0.4 is 0 Å². The van der Waals surface area contributed by atoms with E-state index in [0.29, 0.717) is 10.6 Å². The molecule has 0 saturated carbocycles. The molecule has 1 N–H and O–H groups in total. The van der Waals surface area contributed by atoms with E-state index < -0.39 is 0 Å². The van der Waals surface area contributed by atoms with Crippen molar-refractivity contribution in [3.05, 3.63) is 106 Å². The largest absolute Gasteiger partial charge is 0.508 e. The number of benzene rings is 3. The van der Waals surface area contributed by atoms with E-state index in [1.165, 1.54) is 12.1 Å². The lowest BCUT2D eigenvalue weighted by Gasteiger charge is -2.23. The maximum atomic E-state index is 12.8. The summed E-state index contributed by atoms with van der Waals surface area (Å²) in [5.74, 6) is -0.132. The summed E-state index contributed by atoms with van der Waals surface area (Å²) in [5.41, 5.74) is 4.76. The molecule has 0 saturated heterocycles. The molecule has 126 valence electrons. The van der Waals surface area contributed by atoms with E-state index in [4.69, 9.17) is 23.8 Å². The average molecular weight is 377 g/mol. The van der Waals surface area contributed by atoms with Crippen LogP contribution in [0.15, 0.2) is 72.8 Å². The summed E-state index contributed by atoms with van der Waals surface area (Å²) < 4.78 is 0. The molecule has 1 aliphatic carbocycles. The Hall–Kier alpha value is -2.75. The van der Waals surface area contributed by atoms with Crippen molar-refractivity contribution < 1.29 is 9.90 Å². The number of halogens is 1. The summed E-state index contributed by atoms with van der Waals surface area (Å²) >= 11 is 11.9. The molecular formula is C22H13ClO2S. The fourth-order valence-electron chi connectivity index (χ4n) is 3.17. The van der Waals surface area contributed by atoms with Crippen molar-refractivity contribution in [3.8, 4) is 5.75 Å². The molecule has 0 radical (unpaired) electrons. The van der Waals surface area contributed by atoms with Crippen molar-refractivity contribution in [3.63, 3.8) is 0 Å². The maximum Gasteiger partial charge on any atom is 0.186 e. The van der Waals surface area contributed by atoms with Crippen molar-refractivity contribution in [1.29, 1.82) is 0 Å². The van der Waals surface area contributed by atoms with Gasteiger partial charge in [0.1, 0.15) is 5.75 Å². The second-order valence-corrected chi connectivity index (χ2v) is 6.88. The van der Waals surface area contributed by atoms with Crippen LogP contribution in [0.5, 0.6) is 5.75 Å². The van der Waals surface area contributed by atoms with E-state index in [9.17, 15) is 9.90 Å². The SMILES string of the molecule is O=C(/C=C1/c2ccccc2C(=S)c2ccc(Cl)cc21)c1cccc(O)c1. The minimum absolute atomic E-state index is 0.0583. The Labute approximate surface area is 161 Å². The Balaban J connectivity index is 1.93. The molecule has 0 aliphatic heterocycles. The number of rotatable bonds is 2. The smallest absolute Gasteiger partial charge is 0.186 e. The van der Waals surface area contributed by atoms with E-state index in [-0.39, 0.29) is 11.5 Å². The lowest BCUT2D eigenvalue weighted by molar-refractivity contribution is 0.104. The van der Waals surface area contributed by atoms with Gasteiger partial charge in [-0.3, -0.25) is 4.79 Å². The highest BCUT2D eigenvalue weighted by molar-refractivity contribution is 7.81. The molecule has 0 unspecified atom stereocenters. The number of fused-ring (bicyclic) bond motifs is 2. The maximum absolute atomic E-state index is 12.8. The monoisotopic (exact) mass is 376 g/mol. The lowest BCUT2D eigenvalue weighted by atomic mass is 9.81. The first-order valence-electron chi connectivity index (χ1n) is 8.03. The van der Waals surface area contributed by atoms with Gasteiger partial charge in [0.25, 0.3) is 0 Å². The van der Waals surface area contributed by atoms with Gasteiger partial charge in [0.05, 0.1) is 4.86 Å². The van der Waals surface area contributed by atoms with Gasteiger partial charge in [-0.2, -0.15) is 0 Å². The van der Waals surface area contributed by atoms with Crippen LogP contribution in [0.2, 0.25) is 5.02 Å². The second kappa shape index (κ2) is 6.52. The van der Waals surface area contributed by atoms with Gasteiger partial charge in [0.2, 0.25) is 0 Å². The summed E-state index contributed by atoms with van der Waals surface area (Å²) in [6.45, 7) is 0. The summed E-state index contributed by atoms with van der Waals surface area (Å²) in [7, 11) is 0. The second-order valence-electron chi connectivity index (χ2n) is 6.04. The molecule has 4 heteroatoms. The summed E-state index contributed by atoms with van der Waals surface area (Å²) in [6, 6.07) is 19.6. The number of phenolic OH excluding ortho intramolecular Hbond substituents is 1. The highest BCUT2D eigenvalue weighted by Gasteiger charge is 2.25. The number of allylic oxidation sites excluding steroid dienone is 1. The quantitative estimate of drug-likeness (QED) is 0.287. The Bertz CT molecular complexity index is 1100. The van der Waals surface area contributed by atoms with Crippen LogP contribution in [0.25, 0.3) is 5.57 Å². The standard InChI is InChI=1S/C22H13ClO2S/c23-14-8-9-18-19(11-14)20(16-6-1-2-7-17(16)22(18)26)12-21(25)13-4-3-5-15(24)10-13/h1-12,24H/b20-12-. The number of carbonyl (C=O) groups excluding carboxylic acids is 1. The minimum Gasteiger partial charge on any atom is -0.508 e. The topological polar surface area (TPSA) is 37.3 Å². The van der Waals surface area contributed by atoms with Crippen molar-refractivity contribution in [2.45, 2.75) is 0 Å². The van der Waals surface area contributed by atoms with Crippen molar-refractivity contribution >= 4 is 40.0 Å². The molecule has 2 nitrogen and oxygen atoms in total. The van der Waals surface area contributed by atoms with Crippen LogP contribution >= 0.6 is 23.8 Å². The zero-order valence-electron chi connectivity index (χ0n) is 13.6. The molecule has 0 aromatic heterocycles. The predicted molar refractivity (Wildman–Crippen MR) is 108 cm³/mol. The number of aromatic hydroxyl groups is 1. The summed E-state index contributed by atoms with van der Waals surface area (Å²) in [6.07, 6.45) is 1.59. The third-order valence-electron chi connectivity index (χ3n) is 4.38. The number of thiocarbonyl (C=S) groups is 1. The first-order chi connectivity index (χ1) is 12.5. The molecule has 3 aromatic carbocycles. The van der Waals surface area contributed by atoms with E-state index in [2.05, 4.69) is 0 Å². The van der Waals surface area contributed by atoms with E-state index in [0.717, 1.165) is 32.7 Å². The van der Waals surface area contributed by atoms with Crippen LogP contribution in [0, 0.1) is 0 Å². The molecule has 0 spiro atoms. The van der Waals surface area contributed by atoms with Crippen molar-refractivity contribution in [2.24, 2.45) is 0 Å². The predicted octanol–water partition coefficient (Wildman–Crippen LogP) is 5.44. The number of phenols is 1. The van der Waals surface area contributed by atoms with Crippen LogP contribution in [0.1, 0.15) is 32.6 Å². The van der Waals surface area contributed by atoms with Crippen LogP contribution in [0.4, 0.5) is 0 Å². The Morgan fingerprint density at radius 3 is 2.38 bits per heavy atom.